The average molecular weight is 358 g/mol. The molecule has 0 rings (SSSR count). The third-order valence-corrected chi connectivity index (χ3v) is 4.37. The van der Waals surface area contributed by atoms with Crippen molar-refractivity contribution in [3.8, 4) is 0 Å². The van der Waals surface area contributed by atoms with E-state index in [0.29, 0.717) is 12.8 Å². The van der Waals surface area contributed by atoms with Gasteiger partial charge < -0.3 is 14.9 Å². The molecule has 0 bridgehead atoms. The predicted molar refractivity (Wildman–Crippen MR) is 95.6 cm³/mol. The van der Waals surface area contributed by atoms with Crippen molar-refractivity contribution in [1.29, 1.82) is 0 Å². The van der Waals surface area contributed by atoms with Gasteiger partial charge in [0, 0.05) is 6.42 Å². The van der Waals surface area contributed by atoms with Gasteiger partial charge in [-0.15, -0.1) is 0 Å². The molecule has 25 heavy (non-hydrogen) atoms. The van der Waals surface area contributed by atoms with Crippen LogP contribution in [-0.2, 0) is 14.3 Å². The van der Waals surface area contributed by atoms with Crippen LogP contribution in [-0.4, -0.2) is 28.3 Å². The molecule has 0 amide bonds. The Kier molecular flexibility index (Phi) is 14.9. The van der Waals surface area contributed by atoms with Crippen LogP contribution in [0.15, 0.2) is 0 Å². The van der Waals surface area contributed by atoms with Gasteiger partial charge >= 0.3 is 18.1 Å². The van der Waals surface area contributed by atoms with Crippen LogP contribution >= 0.6 is 0 Å². The van der Waals surface area contributed by atoms with Gasteiger partial charge in [-0.05, 0) is 12.8 Å². The molecule has 1 atom stereocenters. The van der Waals surface area contributed by atoms with Gasteiger partial charge in [0.2, 0.25) is 0 Å². The van der Waals surface area contributed by atoms with E-state index in [1.165, 1.54) is 38.5 Å². The fourth-order valence-corrected chi connectivity index (χ4v) is 2.80. The van der Waals surface area contributed by atoms with E-state index in [0.717, 1.165) is 38.5 Å². The van der Waals surface area contributed by atoms with Gasteiger partial charge in [-0.1, -0.05) is 77.6 Å². The zero-order chi connectivity index (χ0) is 18.9. The molecule has 1 unspecified atom stereocenters. The quantitative estimate of drug-likeness (QED) is 0.218. The first kappa shape index (κ1) is 23.4. The first-order valence-electron chi connectivity index (χ1n) is 9.60. The number of carbonyl (C=O) groups is 3. The Morgan fingerprint density at radius 3 is 1.52 bits per heavy atom. The van der Waals surface area contributed by atoms with Crippen molar-refractivity contribution in [2.24, 2.45) is 5.92 Å². The maximum absolute atomic E-state index is 11.3. The van der Waals surface area contributed by atoms with E-state index >= 15 is 0 Å². The van der Waals surface area contributed by atoms with Crippen LogP contribution in [0.2, 0.25) is 0 Å². The third kappa shape index (κ3) is 17.0. The van der Waals surface area contributed by atoms with Gasteiger partial charge in [0.15, 0.2) is 0 Å². The number of ether oxygens (including phenoxy) is 1. The van der Waals surface area contributed by atoms with E-state index < -0.39 is 18.1 Å². The summed E-state index contributed by atoms with van der Waals surface area (Å²) in [5, 5.41) is 16.9. The number of unbranched alkanes of at least 4 members (excludes halogenated alkanes) is 11. The van der Waals surface area contributed by atoms with Crippen LogP contribution in [0.4, 0.5) is 4.79 Å². The zero-order valence-corrected chi connectivity index (χ0v) is 15.5. The summed E-state index contributed by atoms with van der Waals surface area (Å²) in [6.45, 7) is 1.70. The number of carboxylic acid groups (broad SMARTS) is 2. The molecule has 6 nitrogen and oxygen atoms in total. The van der Waals surface area contributed by atoms with Gasteiger partial charge in [-0.25, -0.2) is 4.79 Å². The van der Waals surface area contributed by atoms with Crippen molar-refractivity contribution in [2.45, 2.75) is 96.8 Å². The van der Waals surface area contributed by atoms with Crippen LogP contribution < -0.4 is 0 Å². The molecule has 0 saturated heterocycles. The molecule has 146 valence electrons. The van der Waals surface area contributed by atoms with E-state index in [2.05, 4.69) is 4.74 Å². The second kappa shape index (κ2) is 15.9. The minimum Gasteiger partial charge on any atom is -0.481 e. The summed E-state index contributed by atoms with van der Waals surface area (Å²) in [6.07, 6.45) is 12.9. The fraction of sp³-hybridized carbons (Fsp3) is 0.842. The number of carboxylic acids is 1. The molecule has 0 fully saturated rings. The monoisotopic (exact) mass is 358 g/mol. The topological polar surface area (TPSA) is 101 Å². The summed E-state index contributed by atoms with van der Waals surface area (Å²) in [6, 6.07) is 0. The van der Waals surface area contributed by atoms with E-state index in [-0.39, 0.29) is 5.92 Å². The number of rotatable bonds is 16. The summed E-state index contributed by atoms with van der Waals surface area (Å²) in [4.78, 5) is 31.9. The van der Waals surface area contributed by atoms with Crippen molar-refractivity contribution >= 4 is 18.1 Å². The third-order valence-electron chi connectivity index (χ3n) is 4.37. The lowest BCUT2D eigenvalue weighted by molar-refractivity contribution is -0.143. The van der Waals surface area contributed by atoms with Crippen molar-refractivity contribution in [1.82, 2.24) is 0 Å². The summed E-state index contributed by atoms with van der Waals surface area (Å²) in [7, 11) is 0. The Hall–Kier alpha value is -1.59. The number of hydrogen-bond acceptors (Lipinski definition) is 4. The number of aliphatic carboxylic acids is 1. The van der Waals surface area contributed by atoms with Gasteiger partial charge in [0.05, 0.1) is 5.92 Å². The molecule has 0 aliphatic carbocycles. The molecule has 0 radical (unpaired) electrons. The molecule has 0 aliphatic heterocycles. The Morgan fingerprint density at radius 2 is 1.12 bits per heavy atom. The summed E-state index contributed by atoms with van der Waals surface area (Å²) in [5.74, 6) is -1.71. The molecule has 0 heterocycles. The first-order valence-corrected chi connectivity index (χ1v) is 9.60. The van der Waals surface area contributed by atoms with Crippen molar-refractivity contribution < 1.29 is 29.3 Å². The maximum atomic E-state index is 11.3. The molecule has 0 saturated carbocycles. The van der Waals surface area contributed by atoms with Gasteiger partial charge in [0.25, 0.3) is 0 Å². The summed E-state index contributed by atoms with van der Waals surface area (Å²) < 4.78 is 4.14. The standard InChI is InChI=1S/C19H34O6/c1-16(18(22)25-19(23)24)14-12-10-8-6-4-2-3-5-7-9-11-13-15-17(20)21/h16H,2-15H2,1H3,(H,20,21)(H,23,24). The SMILES string of the molecule is CC(CCCCCCCCCCCCCCC(=O)O)C(=O)OC(=O)O. The second-order valence-corrected chi connectivity index (χ2v) is 6.76. The van der Waals surface area contributed by atoms with Crippen molar-refractivity contribution in [3.63, 3.8) is 0 Å². The van der Waals surface area contributed by atoms with Gasteiger partial charge in [-0.3, -0.25) is 9.59 Å². The lowest BCUT2D eigenvalue weighted by Gasteiger charge is -2.08. The molecule has 6 heteroatoms. The van der Waals surface area contributed by atoms with Crippen molar-refractivity contribution in [3.05, 3.63) is 0 Å². The first-order chi connectivity index (χ1) is 11.9. The van der Waals surface area contributed by atoms with E-state index in [9.17, 15) is 14.4 Å². The largest absolute Gasteiger partial charge is 0.513 e. The van der Waals surface area contributed by atoms with Crippen LogP contribution in [0.3, 0.4) is 0 Å². The second-order valence-electron chi connectivity index (χ2n) is 6.76. The van der Waals surface area contributed by atoms with E-state index in [1.54, 1.807) is 6.92 Å². The molecule has 0 aromatic carbocycles. The molecular formula is C19H34O6. The normalized spacial score (nSPS) is 11.9. The summed E-state index contributed by atoms with van der Waals surface area (Å²) in [5.41, 5.74) is 0. The number of carbonyl (C=O) groups excluding carboxylic acids is 1. The highest BCUT2D eigenvalue weighted by molar-refractivity contribution is 5.82. The Balaban J connectivity index is 3.25. The van der Waals surface area contributed by atoms with E-state index in [4.69, 9.17) is 10.2 Å². The highest BCUT2D eigenvalue weighted by Crippen LogP contribution is 2.15. The van der Waals surface area contributed by atoms with E-state index in [1.807, 2.05) is 0 Å². The van der Waals surface area contributed by atoms with Crippen LogP contribution in [0.25, 0.3) is 0 Å². The molecule has 0 aliphatic rings. The number of hydrogen-bond donors (Lipinski definition) is 2. The highest BCUT2D eigenvalue weighted by Gasteiger charge is 2.16. The molecule has 0 aromatic heterocycles. The number of esters is 1. The van der Waals surface area contributed by atoms with Gasteiger partial charge in [0.1, 0.15) is 0 Å². The van der Waals surface area contributed by atoms with Gasteiger partial charge in [-0.2, -0.15) is 0 Å². The Bertz CT molecular complexity index is 380. The minimum absolute atomic E-state index is 0.291. The van der Waals surface area contributed by atoms with Crippen molar-refractivity contribution in [2.75, 3.05) is 0 Å². The smallest absolute Gasteiger partial charge is 0.481 e. The average Bonchev–Trinajstić information content (AvgIpc) is 2.53. The zero-order valence-electron chi connectivity index (χ0n) is 15.5. The van der Waals surface area contributed by atoms with Crippen LogP contribution in [0, 0.1) is 5.92 Å². The molecule has 2 N–H and O–H groups in total. The molecule has 0 aromatic rings. The lowest BCUT2D eigenvalue weighted by atomic mass is 10.0. The lowest BCUT2D eigenvalue weighted by Crippen LogP contribution is -2.17. The minimum atomic E-state index is -1.53. The fourth-order valence-electron chi connectivity index (χ4n) is 2.80. The summed E-state index contributed by atoms with van der Waals surface area (Å²) >= 11 is 0. The van der Waals surface area contributed by atoms with Crippen LogP contribution in [0.1, 0.15) is 96.8 Å². The Labute approximate surface area is 150 Å². The molecular weight excluding hydrogens is 324 g/mol. The molecule has 0 spiro atoms. The predicted octanol–water partition coefficient (Wildman–Crippen LogP) is 5.39. The van der Waals surface area contributed by atoms with Crippen LogP contribution in [0.5, 0.6) is 0 Å². The highest BCUT2D eigenvalue weighted by atomic mass is 16.7. The Morgan fingerprint density at radius 1 is 0.720 bits per heavy atom. The maximum Gasteiger partial charge on any atom is 0.513 e.